The van der Waals surface area contributed by atoms with Gasteiger partial charge in [0.05, 0.1) is 11.5 Å². The molecule has 0 fully saturated rings. The molecule has 0 radical (unpaired) electrons. The van der Waals surface area contributed by atoms with Gasteiger partial charge in [-0.05, 0) is 12.1 Å². The lowest BCUT2D eigenvalue weighted by Crippen LogP contribution is -2.13. The Morgan fingerprint density at radius 2 is 1.73 bits per heavy atom. The topological polar surface area (TPSA) is 98.3 Å². The second-order valence-corrected chi connectivity index (χ2v) is 2.79. The van der Waals surface area contributed by atoms with Gasteiger partial charge in [0, 0.05) is 22.7 Å². The normalized spacial score (nSPS) is 9.60. The van der Waals surface area contributed by atoms with Crippen molar-refractivity contribution in [3.8, 4) is 0 Å². The fourth-order valence-corrected chi connectivity index (χ4v) is 0.993. The van der Waals surface area contributed by atoms with Gasteiger partial charge in [0.25, 0.3) is 5.69 Å². The monoisotopic (exact) mass is 211 g/mol. The molecule has 0 saturated heterocycles. The molecule has 1 aromatic rings. The molecule has 0 atom stereocenters. The first-order valence-electron chi connectivity index (χ1n) is 4.20. The highest BCUT2D eigenvalue weighted by molar-refractivity contribution is 5.48. The smallest absolute Gasteiger partial charge is 0.269 e. The van der Waals surface area contributed by atoms with E-state index >= 15 is 0 Å². The van der Waals surface area contributed by atoms with Crippen LogP contribution >= 0.6 is 0 Å². The number of nitro benzene ring substituents is 1. The number of benzene rings is 1. The zero-order valence-electron chi connectivity index (χ0n) is 7.75. The molecule has 0 aliphatic heterocycles. The summed E-state index contributed by atoms with van der Waals surface area (Å²) in [6, 6.07) is 5.71. The lowest BCUT2D eigenvalue weighted by molar-refractivity contribution is -0.476. The third kappa shape index (κ3) is 3.59. The molecule has 0 heterocycles. The molecule has 15 heavy (non-hydrogen) atoms. The van der Waals surface area contributed by atoms with Gasteiger partial charge in [0.1, 0.15) is 0 Å². The van der Waals surface area contributed by atoms with E-state index in [0.717, 1.165) is 0 Å². The summed E-state index contributed by atoms with van der Waals surface area (Å²) in [6.07, 6.45) is 0. The predicted molar refractivity (Wildman–Crippen MR) is 53.4 cm³/mol. The standard InChI is InChI=1S/C8H9N3O4/c12-10(13)6-5-9-7-1-3-8(4-2-7)11(14)15/h1-4,9H,5-6H2. The van der Waals surface area contributed by atoms with Crippen molar-refractivity contribution in [2.24, 2.45) is 0 Å². The quantitative estimate of drug-likeness (QED) is 0.584. The van der Waals surface area contributed by atoms with Gasteiger partial charge < -0.3 is 5.32 Å². The number of nitro groups is 2. The first kappa shape index (κ1) is 10.9. The summed E-state index contributed by atoms with van der Waals surface area (Å²) in [5, 5.41) is 23.1. The van der Waals surface area contributed by atoms with Crippen LogP contribution in [0.4, 0.5) is 11.4 Å². The van der Waals surface area contributed by atoms with Gasteiger partial charge in [-0.25, -0.2) is 0 Å². The van der Waals surface area contributed by atoms with Crippen LogP contribution in [0.25, 0.3) is 0 Å². The molecule has 0 aliphatic rings. The van der Waals surface area contributed by atoms with Crippen molar-refractivity contribution in [3.05, 3.63) is 44.5 Å². The van der Waals surface area contributed by atoms with Crippen molar-refractivity contribution in [1.82, 2.24) is 0 Å². The van der Waals surface area contributed by atoms with Crippen molar-refractivity contribution in [2.75, 3.05) is 18.4 Å². The van der Waals surface area contributed by atoms with Gasteiger partial charge in [-0.3, -0.25) is 20.2 Å². The van der Waals surface area contributed by atoms with Crippen LogP contribution in [0.3, 0.4) is 0 Å². The van der Waals surface area contributed by atoms with Gasteiger partial charge in [-0.15, -0.1) is 0 Å². The van der Waals surface area contributed by atoms with Gasteiger partial charge in [0.2, 0.25) is 6.54 Å². The third-order valence-electron chi connectivity index (χ3n) is 1.70. The first-order chi connectivity index (χ1) is 7.09. The summed E-state index contributed by atoms with van der Waals surface area (Å²) in [5.41, 5.74) is 0.622. The number of hydrogen-bond donors (Lipinski definition) is 1. The number of nitrogens with zero attached hydrogens (tertiary/aromatic N) is 2. The molecule has 0 amide bonds. The molecule has 0 saturated carbocycles. The number of nitrogens with one attached hydrogen (secondary N) is 1. The van der Waals surface area contributed by atoms with Crippen LogP contribution in [0.15, 0.2) is 24.3 Å². The highest BCUT2D eigenvalue weighted by Gasteiger charge is 2.03. The Balaban J connectivity index is 2.50. The second kappa shape index (κ2) is 4.89. The molecular weight excluding hydrogens is 202 g/mol. The van der Waals surface area contributed by atoms with E-state index in [2.05, 4.69) is 5.32 Å². The molecular formula is C8H9N3O4. The van der Waals surface area contributed by atoms with Gasteiger partial charge in [-0.1, -0.05) is 0 Å². The lowest BCUT2D eigenvalue weighted by atomic mass is 10.3. The second-order valence-electron chi connectivity index (χ2n) is 2.79. The molecule has 0 bridgehead atoms. The summed E-state index contributed by atoms with van der Waals surface area (Å²) in [6.45, 7) is 0.0157. The van der Waals surface area contributed by atoms with Crippen molar-refractivity contribution >= 4 is 11.4 Å². The lowest BCUT2D eigenvalue weighted by Gasteiger charge is -2.02. The highest BCUT2D eigenvalue weighted by atomic mass is 16.6. The highest BCUT2D eigenvalue weighted by Crippen LogP contribution is 2.14. The maximum Gasteiger partial charge on any atom is 0.269 e. The zero-order chi connectivity index (χ0) is 11.3. The maximum atomic E-state index is 10.3. The van der Waals surface area contributed by atoms with Crippen LogP contribution in [-0.4, -0.2) is 22.9 Å². The average molecular weight is 211 g/mol. The Bertz CT molecular complexity index is 363. The van der Waals surface area contributed by atoms with Crippen molar-refractivity contribution < 1.29 is 9.85 Å². The molecule has 7 heteroatoms. The fraction of sp³-hybridized carbons (Fsp3) is 0.250. The number of rotatable bonds is 5. The Morgan fingerprint density at radius 1 is 1.13 bits per heavy atom. The zero-order valence-corrected chi connectivity index (χ0v) is 7.75. The van der Waals surface area contributed by atoms with Gasteiger partial charge >= 0.3 is 0 Å². The van der Waals surface area contributed by atoms with Crippen LogP contribution < -0.4 is 5.32 Å². The molecule has 1 N–H and O–H groups in total. The Hall–Kier alpha value is -2.18. The summed E-state index contributed by atoms with van der Waals surface area (Å²) >= 11 is 0. The van der Waals surface area contributed by atoms with Crippen molar-refractivity contribution in [1.29, 1.82) is 0 Å². The van der Waals surface area contributed by atoms with E-state index in [-0.39, 0.29) is 18.8 Å². The van der Waals surface area contributed by atoms with Crippen molar-refractivity contribution in [3.63, 3.8) is 0 Å². The largest absolute Gasteiger partial charge is 0.378 e. The van der Waals surface area contributed by atoms with Crippen LogP contribution in [-0.2, 0) is 0 Å². The molecule has 1 rings (SSSR count). The number of anilines is 1. The molecule has 0 aliphatic carbocycles. The first-order valence-corrected chi connectivity index (χ1v) is 4.20. The summed E-state index contributed by atoms with van der Waals surface area (Å²) in [7, 11) is 0. The molecule has 7 nitrogen and oxygen atoms in total. The minimum atomic E-state index is -0.499. The SMILES string of the molecule is O=[N+]([O-])CCNc1ccc([N+](=O)[O-])cc1. The van der Waals surface area contributed by atoms with Crippen LogP contribution in [0.2, 0.25) is 0 Å². The molecule has 0 aromatic heterocycles. The average Bonchev–Trinajstić information content (AvgIpc) is 2.18. The van der Waals surface area contributed by atoms with Gasteiger partial charge in [0.15, 0.2) is 0 Å². The minimum Gasteiger partial charge on any atom is -0.378 e. The van der Waals surface area contributed by atoms with E-state index in [9.17, 15) is 20.2 Å². The van der Waals surface area contributed by atoms with E-state index < -0.39 is 9.85 Å². The van der Waals surface area contributed by atoms with E-state index in [1.165, 1.54) is 24.3 Å². The molecule has 80 valence electrons. The fourth-order valence-electron chi connectivity index (χ4n) is 0.993. The molecule has 1 aromatic carbocycles. The van der Waals surface area contributed by atoms with E-state index in [0.29, 0.717) is 5.69 Å². The van der Waals surface area contributed by atoms with E-state index in [1.54, 1.807) is 0 Å². The summed E-state index contributed by atoms with van der Waals surface area (Å²) in [5.74, 6) is 0. The Kier molecular flexibility index (Phi) is 3.55. The Labute approximate surface area is 85.0 Å². The molecule has 0 unspecified atom stereocenters. The van der Waals surface area contributed by atoms with Crippen LogP contribution in [0.5, 0.6) is 0 Å². The predicted octanol–water partition coefficient (Wildman–Crippen LogP) is 1.28. The molecule has 0 spiro atoms. The number of non-ortho nitro benzene ring substituents is 1. The van der Waals surface area contributed by atoms with Crippen molar-refractivity contribution in [2.45, 2.75) is 0 Å². The Morgan fingerprint density at radius 3 is 2.20 bits per heavy atom. The summed E-state index contributed by atoms with van der Waals surface area (Å²) < 4.78 is 0. The van der Waals surface area contributed by atoms with E-state index in [1.807, 2.05) is 0 Å². The van der Waals surface area contributed by atoms with Crippen LogP contribution in [0.1, 0.15) is 0 Å². The maximum absolute atomic E-state index is 10.3. The minimum absolute atomic E-state index is 0.00479. The van der Waals surface area contributed by atoms with E-state index in [4.69, 9.17) is 0 Å². The third-order valence-corrected chi connectivity index (χ3v) is 1.70. The number of hydrogen-bond acceptors (Lipinski definition) is 5. The summed E-state index contributed by atoms with van der Waals surface area (Å²) in [4.78, 5) is 19.4. The van der Waals surface area contributed by atoms with Crippen LogP contribution in [0, 0.1) is 20.2 Å². The van der Waals surface area contributed by atoms with Gasteiger partial charge in [-0.2, -0.15) is 0 Å².